The van der Waals surface area contributed by atoms with Crippen LogP contribution in [0, 0.1) is 13.8 Å². The fourth-order valence-corrected chi connectivity index (χ4v) is 4.57. The van der Waals surface area contributed by atoms with Gasteiger partial charge in [-0.15, -0.1) is 11.3 Å². The second-order valence-electron chi connectivity index (χ2n) is 7.36. The third kappa shape index (κ3) is 4.10. The van der Waals surface area contributed by atoms with Gasteiger partial charge < -0.3 is 10.2 Å². The molecular weight excluding hydrogens is 384 g/mol. The van der Waals surface area contributed by atoms with Crippen LogP contribution in [0.15, 0.2) is 41.9 Å². The first-order valence-corrected chi connectivity index (χ1v) is 10.6. The Kier molecular flexibility index (Phi) is 5.49. The van der Waals surface area contributed by atoms with E-state index in [1.54, 1.807) is 17.5 Å². The average Bonchev–Trinajstić information content (AvgIpc) is 3.42. The van der Waals surface area contributed by atoms with Crippen molar-refractivity contribution in [3.63, 3.8) is 0 Å². The zero-order valence-electron chi connectivity index (χ0n) is 16.6. The summed E-state index contributed by atoms with van der Waals surface area (Å²) in [5.74, 6) is 0.125. The molecule has 1 aliphatic heterocycles. The maximum absolute atomic E-state index is 12.8. The van der Waals surface area contributed by atoms with Crippen LogP contribution in [0.2, 0.25) is 0 Å². The van der Waals surface area contributed by atoms with Crippen molar-refractivity contribution >= 4 is 23.2 Å². The number of nitrogens with one attached hydrogen (secondary N) is 1. The van der Waals surface area contributed by atoms with Crippen LogP contribution < -0.4 is 5.32 Å². The van der Waals surface area contributed by atoms with Crippen LogP contribution in [0.5, 0.6) is 0 Å². The van der Waals surface area contributed by atoms with Gasteiger partial charge in [0.1, 0.15) is 0 Å². The Hall–Kier alpha value is -2.93. The van der Waals surface area contributed by atoms with Crippen LogP contribution in [0.1, 0.15) is 45.7 Å². The molecule has 1 saturated heterocycles. The number of thiazole rings is 1. The molecule has 3 heterocycles. The first kappa shape index (κ1) is 19.4. The zero-order chi connectivity index (χ0) is 20.4. The molecule has 2 amide bonds. The minimum atomic E-state index is -0.0963. The summed E-state index contributed by atoms with van der Waals surface area (Å²) < 4.78 is 2.01. The van der Waals surface area contributed by atoms with E-state index in [1.807, 2.05) is 53.0 Å². The lowest BCUT2D eigenvalue weighted by Crippen LogP contribution is -2.25. The molecule has 6 nitrogen and oxygen atoms in total. The molecule has 1 N–H and O–H groups in total. The van der Waals surface area contributed by atoms with Gasteiger partial charge >= 0.3 is 0 Å². The zero-order valence-corrected chi connectivity index (χ0v) is 17.5. The number of rotatable bonds is 6. The summed E-state index contributed by atoms with van der Waals surface area (Å²) in [6, 6.07) is 9.96. The molecule has 0 saturated carbocycles. The van der Waals surface area contributed by atoms with Gasteiger partial charge in [0.05, 0.1) is 5.56 Å². The number of likely N-dealkylation sites (tertiary alicyclic amines) is 1. The van der Waals surface area contributed by atoms with E-state index >= 15 is 0 Å². The van der Waals surface area contributed by atoms with Crippen LogP contribution in [-0.4, -0.2) is 32.8 Å². The lowest BCUT2D eigenvalue weighted by molar-refractivity contribution is -0.128. The van der Waals surface area contributed by atoms with Gasteiger partial charge in [0.2, 0.25) is 5.91 Å². The van der Waals surface area contributed by atoms with Crippen LogP contribution in [0.4, 0.5) is 0 Å². The average molecular weight is 409 g/mol. The number of benzene rings is 1. The maximum Gasteiger partial charge on any atom is 0.253 e. The lowest BCUT2D eigenvalue weighted by Gasteiger charge is -2.16. The number of amides is 2. The standard InChI is InChI=1S/C22H24N4O2S/c1-15-11-19(16(2)26(15)22-23-8-10-29-22)21(28)24-13-17-5-3-6-18(12-17)14-25-9-4-7-20(25)27/h3,5-6,8,10-12H,4,7,9,13-14H2,1-2H3,(H,24,28). The van der Waals surface area contributed by atoms with Crippen LogP contribution >= 0.6 is 11.3 Å². The van der Waals surface area contributed by atoms with Gasteiger partial charge in [-0.05, 0) is 37.5 Å². The molecule has 1 fully saturated rings. The van der Waals surface area contributed by atoms with Gasteiger partial charge in [-0.1, -0.05) is 24.3 Å². The lowest BCUT2D eigenvalue weighted by atomic mass is 10.1. The SMILES string of the molecule is Cc1cc(C(=O)NCc2cccc(CN3CCCC3=O)c2)c(C)n1-c1nccs1. The maximum atomic E-state index is 12.8. The Morgan fingerprint density at radius 3 is 2.79 bits per heavy atom. The Balaban J connectivity index is 1.43. The van der Waals surface area contributed by atoms with Crippen molar-refractivity contribution in [2.24, 2.45) is 0 Å². The molecule has 0 atom stereocenters. The first-order chi connectivity index (χ1) is 14.0. The topological polar surface area (TPSA) is 67.2 Å². The van der Waals surface area contributed by atoms with E-state index in [4.69, 9.17) is 0 Å². The number of hydrogen-bond acceptors (Lipinski definition) is 4. The second-order valence-corrected chi connectivity index (χ2v) is 8.23. The number of hydrogen-bond donors (Lipinski definition) is 1. The summed E-state index contributed by atoms with van der Waals surface area (Å²) in [5.41, 5.74) is 4.65. The molecule has 0 spiro atoms. The molecule has 1 aromatic carbocycles. The number of nitrogens with zero attached hydrogens (tertiary/aromatic N) is 3. The number of carbonyl (C=O) groups excluding carboxylic acids is 2. The fourth-order valence-electron chi connectivity index (χ4n) is 3.82. The fraction of sp³-hybridized carbons (Fsp3) is 0.318. The largest absolute Gasteiger partial charge is 0.348 e. The molecule has 1 aliphatic rings. The van der Waals surface area contributed by atoms with Crippen molar-refractivity contribution in [1.82, 2.24) is 19.8 Å². The molecule has 4 rings (SSSR count). The smallest absolute Gasteiger partial charge is 0.253 e. The minimum Gasteiger partial charge on any atom is -0.348 e. The van der Waals surface area contributed by atoms with Gasteiger partial charge in [-0.2, -0.15) is 0 Å². The summed E-state index contributed by atoms with van der Waals surface area (Å²) in [5, 5.41) is 5.81. The number of aryl methyl sites for hydroxylation is 1. The predicted octanol–water partition coefficient (Wildman–Crippen LogP) is 3.60. The predicted molar refractivity (Wildman–Crippen MR) is 113 cm³/mol. The molecular formula is C22H24N4O2S. The summed E-state index contributed by atoms with van der Waals surface area (Å²) in [4.78, 5) is 30.9. The van der Waals surface area contributed by atoms with Crippen molar-refractivity contribution < 1.29 is 9.59 Å². The molecule has 29 heavy (non-hydrogen) atoms. The van der Waals surface area contributed by atoms with Gasteiger partial charge in [0, 0.05) is 49.0 Å². The monoisotopic (exact) mass is 408 g/mol. The molecule has 0 radical (unpaired) electrons. The highest BCUT2D eigenvalue weighted by atomic mass is 32.1. The normalized spacial score (nSPS) is 13.9. The van der Waals surface area contributed by atoms with E-state index in [0.29, 0.717) is 25.1 Å². The van der Waals surface area contributed by atoms with Gasteiger partial charge in [-0.25, -0.2) is 4.98 Å². The third-order valence-corrected chi connectivity index (χ3v) is 6.03. The van der Waals surface area contributed by atoms with Crippen LogP contribution in [0.25, 0.3) is 5.13 Å². The molecule has 0 unspecified atom stereocenters. The van der Waals surface area contributed by atoms with Crippen LogP contribution in [-0.2, 0) is 17.9 Å². The summed E-state index contributed by atoms with van der Waals surface area (Å²) in [6.07, 6.45) is 3.35. The van der Waals surface area contributed by atoms with Crippen LogP contribution in [0.3, 0.4) is 0 Å². The molecule has 150 valence electrons. The molecule has 7 heteroatoms. The number of carbonyl (C=O) groups is 2. The van der Waals surface area contributed by atoms with E-state index in [0.717, 1.165) is 40.6 Å². The van der Waals surface area contributed by atoms with Crippen molar-refractivity contribution in [2.45, 2.75) is 39.8 Å². The number of aromatic nitrogens is 2. The minimum absolute atomic E-state index is 0.0963. The van der Waals surface area contributed by atoms with E-state index in [9.17, 15) is 9.59 Å². The van der Waals surface area contributed by atoms with Gasteiger partial charge in [0.15, 0.2) is 5.13 Å². The molecule has 0 bridgehead atoms. The Bertz CT molecular complexity index is 1040. The Morgan fingerprint density at radius 2 is 2.07 bits per heavy atom. The van der Waals surface area contributed by atoms with Crippen molar-refractivity contribution in [3.8, 4) is 5.13 Å². The third-order valence-electron chi connectivity index (χ3n) is 5.28. The molecule has 3 aromatic rings. The van der Waals surface area contributed by atoms with Crippen molar-refractivity contribution in [2.75, 3.05) is 6.54 Å². The quantitative estimate of drug-likeness (QED) is 0.678. The van der Waals surface area contributed by atoms with E-state index in [2.05, 4.69) is 16.4 Å². The first-order valence-electron chi connectivity index (χ1n) is 9.75. The Labute approximate surface area is 174 Å². The highest BCUT2D eigenvalue weighted by molar-refractivity contribution is 7.12. The van der Waals surface area contributed by atoms with Gasteiger partial charge in [-0.3, -0.25) is 14.2 Å². The van der Waals surface area contributed by atoms with E-state index < -0.39 is 0 Å². The summed E-state index contributed by atoms with van der Waals surface area (Å²) in [7, 11) is 0. The van der Waals surface area contributed by atoms with Crippen molar-refractivity contribution in [1.29, 1.82) is 0 Å². The highest BCUT2D eigenvalue weighted by Crippen LogP contribution is 2.22. The molecule has 2 aromatic heterocycles. The van der Waals surface area contributed by atoms with Gasteiger partial charge in [0.25, 0.3) is 5.91 Å². The van der Waals surface area contributed by atoms with E-state index in [-0.39, 0.29) is 11.8 Å². The second kappa shape index (κ2) is 8.21. The highest BCUT2D eigenvalue weighted by Gasteiger charge is 2.20. The summed E-state index contributed by atoms with van der Waals surface area (Å²) in [6.45, 7) is 5.83. The summed E-state index contributed by atoms with van der Waals surface area (Å²) >= 11 is 1.55. The van der Waals surface area contributed by atoms with Crippen molar-refractivity contribution in [3.05, 3.63) is 70.0 Å². The molecule has 0 aliphatic carbocycles. The van der Waals surface area contributed by atoms with E-state index in [1.165, 1.54) is 0 Å². The Morgan fingerprint density at radius 1 is 1.24 bits per heavy atom.